The molecule has 0 unspecified atom stereocenters. The molecule has 4 atom stereocenters. The predicted molar refractivity (Wildman–Crippen MR) is 153 cm³/mol. The molecule has 2 aromatic carbocycles. The zero-order valence-electron chi connectivity index (χ0n) is 22.3. The molecule has 8 nitrogen and oxygen atoms in total. The van der Waals surface area contributed by atoms with Gasteiger partial charge >= 0.3 is 6.01 Å². The van der Waals surface area contributed by atoms with Gasteiger partial charge in [0.2, 0.25) is 0 Å². The maximum absolute atomic E-state index is 16.6. The molecular weight excluding hydrogens is 550 g/mol. The number of phenols is 1. The maximum atomic E-state index is 16.6. The third kappa shape index (κ3) is 4.02. The van der Waals surface area contributed by atoms with Crippen molar-refractivity contribution in [2.24, 2.45) is 0 Å². The van der Waals surface area contributed by atoms with Crippen molar-refractivity contribution < 1.29 is 18.6 Å². The standard InChI is InChI=1S/C30H29ClF2N6O2/c31-23-4-1-3-16-7-20(40)9-21(24(16)23)26-25(33)27-22(12-35-26)28(39-14-18-8-19(39)11-34-18)37-29(36-27)41-15-30-5-2-6-38(30)13-17(32)10-30/h1,3-4,7,9,12,17-19,34,40H,2,5-6,8,10-11,13-15H2/t17-,18-,19-,30+/m1/s1. The summed E-state index contributed by atoms with van der Waals surface area (Å²) in [5.41, 5.74) is 0.110. The van der Waals surface area contributed by atoms with E-state index in [1.807, 2.05) is 6.07 Å². The van der Waals surface area contributed by atoms with E-state index < -0.39 is 12.0 Å². The Morgan fingerprint density at radius 1 is 1.22 bits per heavy atom. The molecule has 2 aromatic heterocycles. The van der Waals surface area contributed by atoms with E-state index in [4.69, 9.17) is 21.3 Å². The lowest BCUT2D eigenvalue weighted by Gasteiger charge is -2.32. The fourth-order valence-corrected chi connectivity index (χ4v) is 7.80. The van der Waals surface area contributed by atoms with Crippen molar-refractivity contribution in [2.45, 2.75) is 49.5 Å². The number of hydrogen-bond donors (Lipinski definition) is 2. The third-order valence-corrected chi connectivity index (χ3v) is 9.68. The Bertz CT molecular complexity index is 1710. The highest BCUT2D eigenvalue weighted by Gasteiger charge is 2.49. The van der Waals surface area contributed by atoms with Gasteiger partial charge in [0, 0.05) is 60.3 Å². The summed E-state index contributed by atoms with van der Waals surface area (Å²) in [6.45, 7) is 3.08. The van der Waals surface area contributed by atoms with Crippen molar-refractivity contribution in [3.05, 3.63) is 47.4 Å². The number of aromatic hydroxyl groups is 1. The minimum absolute atomic E-state index is 0.0211. The van der Waals surface area contributed by atoms with Gasteiger partial charge in [0.1, 0.15) is 35.6 Å². The van der Waals surface area contributed by atoms with Crippen LogP contribution in [0.4, 0.5) is 14.6 Å². The number of benzene rings is 2. The lowest BCUT2D eigenvalue weighted by Crippen LogP contribution is -2.44. The van der Waals surface area contributed by atoms with Crippen LogP contribution in [0.5, 0.6) is 11.8 Å². The third-order valence-electron chi connectivity index (χ3n) is 9.37. The van der Waals surface area contributed by atoms with E-state index in [-0.39, 0.29) is 41.2 Å². The van der Waals surface area contributed by atoms with Gasteiger partial charge in [-0.2, -0.15) is 9.97 Å². The molecule has 4 aliphatic heterocycles. The van der Waals surface area contributed by atoms with E-state index in [0.717, 1.165) is 38.9 Å². The first-order valence-electron chi connectivity index (χ1n) is 14.2. The molecule has 4 aliphatic rings. The molecule has 0 spiro atoms. The van der Waals surface area contributed by atoms with Crippen LogP contribution in [0, 0.1) is 5.82 Å². The number of phenolic OH excluding ortho intramolecular Hbond substituents is 1. The Morgan fingerprint density at radius 3 is 2.95 bits per heavy atom. The Morgan fingerprint density at radius 2 is 2.12 bits per heavy atom. The molecule has 4 aromatic rings. The maximum Gasteiger partial charge on any atom is 0.319 e. The molecule has 4 saturated heterocycles. The summed E-state index contributed by atoms with van der Waals surface area (Å²) in [6.07, 6.45) is 3.97. The van der Waals surface area contributed by atoms with E-state index in [1.165, 1.54) is 6.07 Å². The molecule has 2 N–H and O–H groups in total. The average molecular weight is 579 g/mol. The van der Waals surface area contributed by atoms with Crippen molar-refractivity contribution in [1.82, 2.24) is 25.2 Å². The highest BCUT2D eigenvalue weighted by atomic mass is 35.5. The van der Waals surface area contributed by atoms with Gasteiger partial charge in [-0.05, 0) is 49.4 Å². The first kappa shape index (κ1) is 25.4. The molecule has 8 rings (SSSR count). The van der Waals surface area contributed by atoms with Gasteiger partial charge in [0.25, 0.3) is 0 Å². The quantitative estimate of drug-likeness (QED) is 0.348. The van der Waals surface area contributed by atoms with E-state index in [9.17, 15) is 9.50 Å². The van der Waals surface area contributed by atoms with Crippen LogP contribution in [-0.2, 0) is 0 Å². The number of anilines is 1. The number of piperazine rings is 1. The number of fused-ring (bicyclic) bond motifs is 5. The topological polar surface area (TPSA) is 86.6 Å². The normalized spacial score (nSPS) is 27.4. The second kappa shape index (κ2) is 9.34. The molecule has 4 fully saturated rings. The smallest absolute Gasteiger partial charge is 0.319 e. The van der Waals surface area contributed by atoms with Crippen LogP contribution in [0.2, 0.25) is 5.02 Å². The number of hydrogen-bond acceptors (Lipinski definition) is 8. The molecule has 0 amide bonds. The van der Waals surface area contributed by atoms with Crippen molar-refractivity contribution >= 4 is 39.1 Å². The Kier molecular flexibility index (Phi) is 5.78. The zero-order valence-corrected chi connectivity index (χ0v) is 23.0. The molecule has 2 bridgehead atoms. The van der Waals surface area contributed by atoms with Crippen LogP contribution in [0.3, 0.4) is 0 Å². The van der Waals surface area contributed by atoms with Crippen molar-refractivity contribution in [3.63, 3.8) is 0 Å². The predicted octanol–water partition coefficient (Wildman–Crippen LogP) is 4.85. The Balaban J connectivity index is 1.26. The molecule has 11 heteroatoms. The monoisotopic (exact) mass is 578 g/mol. The molecule has 0 saturated carbocycles. The lowest BCUT2D eigenvalue weighted by molar-refractivity contribution is 0.107. The van der Waals surface area contributed by atoms with Crippen LogP contribution in [0.25, 0.3) is 32.9 Å². The van der Waals surface area contributed by atoms with E-state index in [1.54, 1.807) is 24.4 Å². The first-order chi connectivity index (χ1) is 19.9. The number of nitrogens with one attached hydrogen (secondary N) is 1. The van der Waals surface area contributed by atoms with Crippen molar-refractivity contribution in [3.8, 4) is 23.0 Å². The number of rotatable bonds is 5. The van der Waals surface area contributed by atoms with Gasteiger partial charge in [0.05, 0.1) is 10.9 Å². The molecular formula is C30H29ClF2N6O2. The summed E-state index contributed by atoms with van der Waals surface area (Å²) >= 11 is 6.54. The van der Waals surface area contributed by atoms with Crippen molar-refractivity contribution in [1.29, 1.82) is 0 Å². The van der Waals surface area contributed by atoms with E-state index >= 15 is 4.39 Å². The van der Waals surface area contributed by atoms with Crippen LogP contribution in [-0.4, -0.2) is 81.5 Å². The average Bonchev–Trinajstić information content (AvgIpc) is 3.73. The van der Waals surface area contributed by atoms with E-state index in [2.05, 4.69) is 25.1 Å². The number of halogens is 3. The van der Waals surface area contributed by atoms with Gasteiger partial charge in [-0.25, -0.2) is 8.78 Å². The zero-order chi connectivity index (χ0) is 27.9. The highest BCUT2D eigenvalue weighted by molar-refractivity contribution is 6.36. The molecule has 212 valence electrons. The summed E-state index contributed by atoms with van der Waals surface area (Å²) in [4.78, 5) is 18.3. The second-order valence-electron chi connectivity index (χ2n) is 11.9. The Labute approximate surface area is 240 Å². The van der Waals surface area contributed by atoms with Gasteiger partial charge < -0.3 is 20.1 Å². The summed E-state index contributed by atoms with van der Waals surface area (Å²) < 4.78 is 37.2. The highest BCUT2D eigenvalue weighted by Crippen LogP contribution is 2.42. The second-order valence-corrected chi connectivity index (χ2v) is 12.3. The molecule has 41 heavy (non-hydrogen) atoms. The van der Waals surface area contributed by atoms with Crippen LogP contribution >= 0.6 is 11.6 Å². The van der Waals surface area contributed by atoms with Gasteiger partial charge in [-0.1, -0.05) is 23.7 Å². The summed E-state index contributed by atoms with van der Waals surface area (Å²) in [7, 11) is 0. The largest absolute Gasteiger partial charge is 0.508 e. The lowest BCUT2D eigenvalue weighted by atomic mass is 9.95. The number of aromatic nitrogens is 3. The number of ether oxygens (including phenoxy) is 1. The summed E-state index contributed by atoms with van der Waals surface area (Å²) in [6, 6.07) is 9.01. The van der Waals surface area contributed by atoms with Crippen molar-refractivity contribution in [2.75, 3.05) is 37.7 Å². The minimum atomic E-state index is -0.880. The van der Waals surface area contributed by atoms with Crippen LogP contribution in [0.1, 0.15) is 25.7 Å². The summed E-state index contributed by atoms with van der Waals surface area (Å²) in [5.74, 6) is -0.0749. The SMILES string of the molecule is Oc1cc(-c2ncc3c(N4C[C@H]5C[C@@H]4CN5)nc(OC[C@@]45CCCN4C[C@H](F)C5)nc3c2F)c2c(Cl)cccc2c1. The minimum Gasteiger partial charge on any atom is -0.508 e. The Hall–Kier alpha value is -3.34. The first-order valence-corrected chi connectivity index (χ1v) is 14.6. The molecule has 0 aliphatic carbocycles. The number of nitrogens with zero attached hydrogens (tertiary/aromatic N) is 5. The summed E-state index contributed by atoms with van der Waals surface area (Å²) in [5, 5.41) is 16.1. The molecule has 6 heterocycles. The number of pyridine rings is 1. The van der Waals surface area contributed by atoms with Gasteiger partial charge in [0.15, 0.2) is 5.82 Å². The van der Waals surface area contributed by atoms with Gasteiger partial charge in [-0.3, -0.25) is 9.88 Å². The fraction of sp³-hybridized carbons (Fsp3) is 0.433. The molecule has 0 radical (unpaired) electrons. The van der Waals surface area contributed by atoms with E-state index in [0.29, 0.717) is 51.6 Å². The van der Waals surface area contributed by atoms with Crippen LogP contribution in [0.15, 0.2) is 36.5 Å². The fourth-order valence-electron chi connectivity index (χ4n) is 7.51. The van der Waals surface area contributed by atoms with Gasteiger partial charge in [-0.15, -0.1) is 0 Å². The number of alkyl halides is 1. The van der Waals surface area contributed by atoms with Crippen LogP contribution < -0.4 is 15.0 Å².